The van der Waals surface area contributed by atoms with Crippen molar-refractivity contribution < 1.29 is 9.72 Å². The second-order valence-corrected chi connectivity index (χ2v) is 7.83. The molecule has 0 saturated carbocycles. The summed E-state index contributed by atoms with van der Waals surface area (Å²) in [5, 5.41) is 14.4. The quantitative estimate of drug-likeness (QED) is 0.268. The van der Waals surface area contributed by atoms with Gasteiger partial charge in [0.2, 0.25) is 5.91 Å². The fraction of sp³-hybridized carbons (Fsp3) is 0.167. The van der Waals surface area contributed by atoms with Gasteiger partial charge in [0.15, 0.2) is 5.16 Å². The van der Waals surface area contributed by atoms with Crippen LogP contribution in [-0.2, 0) is 11.8 Å². The standard InChI is InChI=1S/C18H15BrN4O4S/c1-10-3-5-14-12(7-10)17(25)22(2)18(21-14)28-9-16(24)20-15-6-4-11(23(26)27)8-13(15)19/h3-8H,9H2,1-2H3,(H,20,24). The minimum Gasteiger partial charge on any atom is -0.324 e. The predicted octanol–water partition coefficient (Wildman–Crippen LogP) is 3.64. The minimum atomic E-state index is -0.514. The fourth-order valence-corrected chi connectivity index (χ4v) is 3.77. The van der Waals surface area contributed by atoms with Crippen LogP contribution in [0.3, 0.4) is 0 Å². The lowest BCUT2D eigenvalue weighted by molar-refractivity contribution is -0.384. The zero-order chi connectivity index (χ0) is 20.4. The summed E-state index contributed by atoms with van der Waals surface area (Å²) in [6.07, 6.45) is 0. The van der Waals surface area contributed by atoms with Crippen molar-refractivity contribution >= 4 is 55.9 Å². The van der Waals surface area contributed by atoms with Gasteiger partial charge in [-0.1, -0.05) is 23.4 Å². The van der Waals surface area contributed by atoms with Crippen molar-refractivity contribution in [2.75, 3.05) is 11.1 Å². The van der Waals surface area contributed by atoms with E-state index in [9.17, 15) is 19.7 Å². The molecule has 28 heavy (non-hydrogen) atoms. The Balaban J connectivity index is 1.74. The van der Waals surface area contributed by atoms with Crippen LogP contribution in [0.5, 0.6) is 0 Å². The molecule has 0 aliphatic heterocycles. The molecule has 0 spiro atoms. The lowest BCUT2D eigenvalue weighted by Gasteiger charge is -2.10. The number of halogens is 1. The first-order chi connectivity index (χ1) is 13.3. The summed E-state index contributed by atoms with van der Waals surface area (Å²) in [4.78, 5) is 39.5. The van der Waals surface area contributed by atoms with Gasteiger partial charge in [-0.15, -0.1) is 0 Å². The van der Waals surface area contributed by atoms with E-state index in [-0.39, 0.29) is 22.9 Å². The largest absolute Gasteiger partial charge is 0.324 e. The number of hydrogen-bond acceptors (Lipinski definition) is 6. The van der Waals surface area contributed by atoms with Crippen LogP contribution in [-0.4, -0.2) is 26.1 Å². The molecular formula is C18H15BrN4O4S. The Morgan fingerprint density at radius 2 is 2.07 bits per heavy atom. The number of thioether (sulfide) groups is 1. The molecule has 1 aromatic heterocycles. The number of benzene rings is 2. The summed E-state index contributed by atoms with van der Waals surface area (Å²) in [5.41, 5.74) is 1.72. The zero-order valence-corrected chi connectivity index (χ0v) is 17.3. The van der Waals surface area contributed by atoms with Crippen molar-refractivity contribution in [2.45, 2.75) is 12.1 Å². The van der Waals surface area contributed by atoms with Crippen molar-refractivity contribution in [3.8, 4) is 0 Å². The molecule has 0 atom stereocenters. The minimum absolute atomic E-state index is 0.0288. The monoisotopic (exact) mass is 462 g/mol. The third kappa shape index (κ3) is 4.23. The number of carbonyl (C=O) groups excluding carboxylic acids is 1. The van der Waals surface area contributed by atoms with Crippen molar-refractivity contribution in [3.05, 3.63) is 66.9 Å². The van der Waals surface area contributed by atoms with Gasteiger partial charge in [-0.05, 0) is 41.1 Å². The molecule has 1 heterocycles. The Bertz CT molecular complexity index is 1160. The van der Waals surface area contributed by atoms with Gasteiger partial charge in [0, 0.05) is 23.7 Å². The molecule has 2 aromatic carbocycles. The topological polar surface area (TPSA) is 107 Å². The molecule has 0 fully saturated rings. The number of aryl methyl sites for hydroxylation is 1. The van der Waals surface area contributed by atoms with E-state index in [4.69, 9.17) is 0 Å². The second kappa shape index (κ2) is 8.11. The SMILES string of the molecule is Cc1ccc2nc(SCC(=O)Nc3ccc([N+](=O)[O-])cc3Br)n(C)c(=O)c2c1. The number of non-ortho nitro benzene ring substituents is 1. The number of nitro groups is 1. The Hall–Kier alpha value is -2.72. The lowest BCUT2D eigenvalue weighted by Crippen LogP contribution is -2.21. The highest BCUT2D eigenvalue weighted by Gasteiger charge is 2.14. The molecule has 10 heteroatoms. The molecule has 144 valence electrons. The summed E-state index contributed by atoms with van der Waals surface area (Å²) in [5.74, 6) is -0.293. The van der Waals surface area contributed by atoms with Crippen molar-refractivity contribution in [2.24, 2.45) is 7.05 Å². The van der Waals surface area contributed by atoms with Gasteiger partial charge < -0.3 is 5.32 Å². The maximum Gasteiger partial charge on any atom is 0.270 e. The number of nitrogens with one attached hydrogen (secondary N) is 1. The van der Waals surface area contributed by atoms with Crippen LogP contribution in [0.2, 0.25) is 0 Å². The van der Waals surface area contributed by atoms with E-state index in [0.717, 1.165) is 17.3 Å². The van der Waals surface area contributed by atoms with Crippen molar-refractivity contribution in [3.63, 3.8) is 0 Å². The number of carbonyl (C=O) groups is 1. The second-order valence-electron chi connectivity index (χ2n) is 6.04. The van der Waals surface area contributed by atoms with E-state index in [0.29, 0.717) is 26.2 Å². The van der Waals surface area contributed by atoms with Crippen LogP contribution in [0.15, 0.2) is 50.8 Å². The first-order valence-electron chi connectivity index (χ1n) is 8.10. The zero-order valence-electron chi connectivity index (χ0n) is 14.9. The van der Waals surface area contributed by atoms with E-state index in [1.807, 2.05) is 13.0 Å². The Morgan fingerprint density at radius 3 is 2.75 bits per heavy atom. The van der Waals surface area contributed by atoms with E-state index in [1.54, 1.807) is 19.2 Å². The molecular weight excluding hydrogens is 448 g/mol. The van der Waals surface area contributed by atoms with E-state index < -0.39 is 4.92 Å². The van der Waals surface area contributed by atoms with Gasteiger partial charge in [-0.2, -0.15) is 0 Å². The normalized spacial score (nSPS) is 10.8. The van der Waals surface area contributed by atoms with Gasteiger partial charge in [0.1, 0.15) is 0 Å². The molecule has 0 aliphatic carbocycles. The Morgan fingerprint density at radius 1 is 1.32 bits per heavy atom. The molecule has 1 N–H and O–H groups in total. The van der Waals surface area contributed by atoms with Gasteiger partial charge >= 0.3 is 0 Å². The summed E-state index contributed by atoms with van der Waals surface area (Å²) in [6.45, 7) is 1.90. The van der Waals surface area contributed by atoms with Crippen LogP contribution in [0.1, 0.15) is 5.56 Å². The maximum absolute atomic E-state index is 12.5. The third-order valence-electron chi connectivity index (χ3n) is 3.96. The lowest BCUT2D eigenvalue weighted by atomic mass is 10.2. The number of nitrogens with zero attached hydrogens (tertiary/aromatic N) is 3. The summed E-state index contributed by atoms with van der Waals surface area (Å²) < 4.78 is 1.83. The molecule has 3 rings (SSSR count). The number of aromatic nitrogens is 2. The predicted molar refractivity (Wildman–Crippen MR) is 112 cm³/mol. The van der Waals surface area contributed by atoms with Gasteiger partial charge in [0.25, 0.3) is 11.2 Å². The molecule has 0 radical (unpaired) electrons. The van der Waals surface area contributed by atoms with Gasteiger partial charge in [-0.3, -0.25) is 24.3 Å². The number of anilines is 1. The molecule has 8 nitrogen and oxygen atoms in total. The Labute approximate surface area is 172 Å². The number of hydrogen-bond donors (Lipinski definition) is 1. The third-order valence-corrected chi connectivity index (χ3v) is 5.65. The molecule has 3 aromatic rings. The maximum atomic E-state index is 12.5. The highest BCUT2D eigenvalue weighted by atomic mass is 79.9. The number of nitro benzene ring substituents is 1. The van der Waals surface area contributed by atoms with Crippen LogP contribution < -0.4 is 10.9 Å². The fourth-order valence-electron chi connectivity index (χ4n) is 2.53. The summed E-state index contributed by atoms with van der Waals surface area (Å²) >= 11 is 4.35. The Kier molecular flexibility index (Phi) is 5.80. The van der Waals surface area contributed by atoms with E-state index >= 15 is 0 Å². The van der Waals surface area contributed by atoms with Crippen molar-refractivity contribution in [1.29, 1.82) is 0 Å². The smallest absolute Gasteiger partial charge is 0.270 e. The first kappa shape index (κ1) is 20.0. The molecule has 0 bridgehead atoms. The van der Waals surface area contributed by atoms with Crippen molar-refractivity contribution in [1.82, 2.24) is 9.55 Å². The molecule has 0 unspecified atom stereocenters. The molecule has 0 aliphatic rings. The van der Waals surface area contributed by atoms with E-state index in [1.165, 1.54) is 22.8 Å². The van der Waals surface area contributed by atoms with Crippen LogP contribution >= 0.6 is 27.7 Å². The first-order valence-corrected chi connectivity index (χ1v) is 9.88. The number of rotatable bonds is 5. The van der Waals surface area contributed by atoms with Crippen LogP contribution in [0, 0.1) is 17.0 Å². The highest BCUT2D eigenvalue weighted by molar-refractivity contribution is 9.10. The van der Waals surface area contributed by atoms with Crippen LogP contribution in [0.4, 0.5) is 11.4 Å². The summed E-state index contributed by atoms with van der Waals surface area (Å²) in [6, 6.07) is 9.53. The van der Waals surface area contributed by atoms with E-state index in [2.05, 4.69) is 26.2 Å². The summed E-state index contributed by atoms with van der Waals surface area (Å²) in [7, 11) is 1.62. The van der Waals surface area contributed by atoms with Crippen LogP contribution in [0.25, 0.3) is 10.9 Å². The number of amides is 1. The van der Waals surface area contributed by atoms with Gasteiger partial charge in [0.05, 0.1) is 27.3 Å². The number of fused-ring (bicyclic) bond motifs is 1. The van der Waals surface area contributed by atoms with Gasteiger partial charge in [-0.25, -0.2) is 4.98 Å². The molecule has 0 saturated heterocycles. The average molecular weight is 463 g/mol. The highest BCUT2D eigenvalue weighted by Crippen LogP contribution is 2.27. The average Bonchev–Trinajstić information content (AvgIpc) is 2.65. The molecule has 1 amide bonds.